The van der Waals surface area contributed by atoms with Gasteiger partial charge in [0.15, 0.2) is 0 Å². The van der Waals surface area contributed by atoms with Gasteiger partial charge in [-0.05, 0) is 43.2 Å². The summed E-state index contributed by atoms with van der Waals surface area (Å²) in [6, 6.07) is 10.0. The van der Waals surface area contributed by atoms with Crippen LogP contribution in [0.2, 0.25) is 5.02 Å². The summed E-state index contributed by atoms with van der Waals surface area (Å²) in [4.78, 5) is 16.5. The van der Waals surface area contributed by atoms with Crippen molar-refractivity contribution in [1.82, 2.24) is 15.5 Å². The van der Waals surface area contributed by atoms with Crippen molar-refractivity contribution in [3.8, 4) is 17.3 Å². The van der Waals surface area contributed by atoms with Gasteiger partial charge in [-0.1, -0.05) is 11.6 Å². The zero-order valence-corrected chi connectivity index (χ0v) is 17.0. The van der Waals surface area contributed by atoms with Crippen molar-refractivity contribution < 1.29 is 18.0 Å². The normalized spacial score (nSPS) is 14.5. The number of carbonyl (C=O) groups excluding carboxylic acids is 1. The predicted octanol–water partition coefficient (Wildman–Crippen LogP) is 4.40. The van der Waals surface area contributed by atoms with Crippen LogP contribution < -0.4 is 10.6 Å². The van der Waals surface area contributed by atoms with Gasteiger partial charge in [0.1, 0.15) is 28.8 Å². The Kier molecular flexibility index (Phi) is 5.59. The first kappa shape index (κ1) is 21.4. The van der Waals surface area contributed by atoms with Crippen molar-refractivity contribution in [3.63, 3.8) is 0 Å². The van der Waals surface area contributed by atoms with Crippen LogP contribution in [0.5, 0.6) is 0 Å². The van der Waals surface area contributed by atoms with Crippen LogP contribution in [0, 0.1) is 28.8 Å². The van der Waals surface area contributed by atoms with Gasteiger partial charge in [0.2, 0.25) is 5.96 Å². The van der Waals surface area contributed by atoms with Gasteiger partial charge in [0.05, 0.1) is 16.8 Å². The molecule has 0 atom stereocenters. The van der Waals surface area contributed by atoms with Crippen LogP contribution in [-0.2, 0) is 0 Å². The molecule has 1 aromatic heterocycles. The molecule has 3 aromatic rings. The van der Waals surface area contributed by atoms with Gasteiger partial charge in [-0.3, -0.25) is 9.89 Å². The molecule has 162 valence electrons. The lowest BCUT2D eigenvalue weighted by molar-refractivity contribution is 0.100. The Balaban J connectivity index is 1.61. The highest BCUT2D eigenvalue weighted by atomic mass is 35.5. The zero-order chi connectivity index (χ0) is 22.9. The van der Waals surface area contributed by atoms with Crippen molar-refractivity contribution in [1.29, 1.82) is 5.26 Å². The molecule has 3 N–H and O–H groups in total. The number of aromatic nitrogens is 2. The number of rotatable bonds is 4. The molecule has 1 aliphatic rings. The van der Waals surface area contributed by atoms with Gasteiger partial charge in [-0.15, -0.1) is 0 Å². The number of hydrogen-bond donors (Lipinski definition) is 3. The van der Waals surface area contributed by atoms with Crippen LogP contribution in [0.3, 0.4) is 0 Å². The summed E-state index contributed by atoms with van der Waals surface area (Å²) >= 11 is 5.64. The van der Waals surface area contributed by atoms with Crippen molar-refractivity contribution in [2.24, 2.45) is 4.99 Å². The molecule has 1 amide bonds. The highest BCUT2D eigenvalue weighted by Crippen LogP contribution is 2.34. The first-order chi connectivity index (χ1) is 15.3. The second kappa shape index (κ2) is 8.36. The number of H-pyrrole nitrogens is 1. The largest absolute Gasteiger partial charge is 0.337 e. The van der Waals surface area contributed by atoms with Crippen molar-refractivity contribution in [2.75, 3.05) is 5.32 Å². The van der Waals surface area contributed by atoms with Crippen LogP contribution in [0.25, 0.3) is 11.3 Å². The van der Waals surface area contributed by atoms with Crippen molar-refractivity contribution in [2.45, 2.75) is 18.4 Å². The first-order valence-electron chi connectivity index (χ1n) is 9.33. The Morgan fingerprint density at radius 3 is 2.50 bits per heavy atom. The number of carbonyl (C=O) groups is 1. The van der Waals surface area contributed by atoms with Crippen LogP contribution >= 0.6 is 11.6 Å². The van der Waals surface area contributed by atoms with Crippen molar-refractivity contribution in [3.05, 3.63) is 70.5 Å². The molecule has 0 saturated heterocycles. The molecule has 1 heterocycles. The quantitative estimate of drug-likeness (QED) is 0.397. The number of amides is 1. The number of anilines is 1. The topological polar surface area (TPSA) is 106 Å². The Morgan fingerprint density at radius 2 is 1.88 bits per heavy atom. The summed E-state index contributed by atoms with van der Waals surface area (Å²) in [5, 5.41) is 21.5. The van der Waals surface area contributed by atoms with E-state index in [-0.39, 0.29) is 33.6 Å². The summed E-state index contributed by atoms with van der Waals surface area (Å²) in [5.74, 6) is -2.91. The molecule has 0 bridgehead atoms. The van der Waals surface area contributed by atoms with E-state index in [1.807, 2.05) is 0 Å². The number of benzene rings is 2. The molecular formula is C21H14ClF3N6O. The van der Waals surface area contributed by atoms with E-state index in [1.165, 1.54) is 18.2 Å². The van der Waals surface area contributed by atoms with E-state index in [0.717, 1.165) is 24.3 Å². The van der Waals surface area contributed by atoms with Gasteiger partial charge in [0, 0.05) is 23.3 Å². The lowest BCUT2D eigenvalue weighted by Crippen LogP contribution is -2.40. The fourth-order valence-electron chi connectivity index (χ4n) is 2.86. The molecular weight excluding hydrogens is 445 g/mol. The van der Waals surface area contributed by atoms with Gasteiger partial charge in [-0.25, -0.2) is 13.2 Å². The maximum absolute atomic E-state index is 13.7. The third kappa shape index (κ3) is 4.73. The second-order valence-electron chi connectivity index (χ2n) is 7.16. The monoisotopic (exact) mass is 458 g/mol. The highest BCUT2D eigenvalue weighted by molar-refractivity contribution is 6.30. The fourth-order valence-corrected chi connectivity index (χ4v) is 2.98. The third-order valence-corrected chi connectivity index (χ3v) is 5.00. The molecule has 1 fully saturated rings. The summed E-state index contributed by atoms with van der Waals surface area (Å²) < 4.78 is 40.7. The summed E-state index contributed by atoms with van der Waals surface area (Å²) in [6.07, 6.45) is 1.09. The molecule has 2 aromatic carbocycles. The number of halogens is 4. The van der Waals surface area contributed by atoms with E-state index in [0.29, 0.717) is 12.8 Å². The SMILES string of the molecule is N#CC1(N/C(=N/C(=O)c2ccc(Cl)c(F)c2)Nc2cc(-c3cc(F)cc(F)c3)n[nH]2)CC1. The number of hydrogen-bond acceptors (Lipinski definition) is 3. The average molecular weight is 459 g/mol. The Bertz CT molecular complexity index is 1260. The molecule has 1 saturated carbocycles. The van der Waals surface area contributed by atoms with Gasteiger partial charge in [-0.2, -0.15) is 15.4 Å². The summed E-state index contributed by atoms with van der Waals surface area (Å²) in [7, 11) is 0. The minimum Gasteiger partial charge on any atom is -0.337 e. The van der Waals surface area contributed by atoms with E-state index in [4.69, 9.17) is 11.6 Å². The standard InChI is InChI=1S/C21H14ClF3N6O/c22-15-2-1-11(7-16(15)25)19(32)28-20(29-21(10-26)3-4-21)27-18-9-17(30-31-18)12-5-13(23)8-14(24)6-12/h1-2,5-9H,3-4H2,(H3,27,28,29,30,31,32). The minimum absolute atomic E-state index is 0.0460. The minimum atomic E-state index is -0.883. The summed E-state index contributed by atoms with van der Waals surface area (Å²) in [5.41, 5.74) is -0.499. The Hall–Kier alpha value is -3.84. The zero-order valence-electron chi connectivity index (χ0n) is 16.2. The number of nitriles is 1. The molecule has 32 heavy (non-hydrogen) atoms. The number of aromatic amines is 1. The summed E-state index contributed by atoms with van der Waals surface area (Å²) in [6.45, 7) is 0. The van der Waals surface area contributed by atoms with E-state index in [2.05, 4.69) is 31.9 Å². The second-order valence-corrected chi connectivity index (χ2v) is 7.57. The Morgan fingerprint density at radius 1 is 1.16 bits per heavy atom. The van der Waals surface area contributed by atoms with Gasteiger partial charge in [0.25, 0.3) is 5.91 Å². The molecule has 1 aliphatic carbocycles. The van der Waals surface area contributed by atoms with Crippen LogP contribution in [0.4, 0.5) is 19.0 Å². The highest BCUT2D eigenvalue weighted by Gasteiger charge is 2.44. The maximum atomic E-state index is 13.7. The van der Waals surface area contributed by atoms with Crippen molar-refractivity contribution >= 4 is 29.3 Å². The van der Waals surface area contributed by atoms with E-state index in [1.54, 1.807) is 0 Å². The molecule has 0 unspecified atom stereocenters. The average Bonchev–Trinajstić information content (AvgIpc) is 3.36. The van der Waals surface area contributed by atoms with Gasteiger partial charge >= 0.3 is 0 Å². The molecule has 0 spiro atoms. The predicted molar refractivity (Wildman–Crippen MR) is 111 cm³/mol. The third-order valence-electron chi connectivity index (χ3n) is 4.69. The van der Waals surface area contributed by atoms with Crippen LogP contribution in [0.15, 0.2) is 47.5 Å². The molecule has 11 heteroatoms. The molecule has 4 rings (SSSR count). The van der Waals surface area contributed by atoms with E-state index >= 15 is 0 Å². The number of nitrogens with one attached hydrogen (secondary N) is 3. The molecule has 0 radical (unpaired) electrons. The number of aliphatic imine (C=N–C) groups is 1. The fraction of sp³-hybridized carbons (Fsp3) is 0.143. The number of guanidine groups is 1. The smallest absolute Gasteiger partial charge is 0.280 e. The van der Waals surface area contributed by atoms with Crippen LogP contribution in [-0.4, -0.2) is 27.6 Å². The molecule has 7 nitrogen and oxygen atoms in total. The first-order valence-corrected chi connectivity index (χ1v) is 9.71. The van der Waals surface area contributed by atoms with Gasteiger partial charge < -0.3 is 10.6 Å². The van der Waals surface area contributed by atoms with E-state index in [9.17, 15) is 23.2 Å². The van der Waals surface area contributed by atoms with Crippen LogP contribution in [0.1, 0.15) is 23.2 Å². The van der Waals surface area contributed by atoms with E-state index < -0.39 is 28.9 Å². The molecule has 0 aliphatic heterocycles. The lowest BCUT2D eigenvalue weighted by atomic mass is 10.1. The number of nitrogens with zero attached hydrogens (tertiary/aromatic N) is 3. The Labute approximate surface area is 184 Å². The lowest BCUT2D eigenvalue weighted by Gasteiger charge is -2.14. The maximum Gasteiger partial charge on any atom is 0.280 e.